The number of carbonyl (C=O) groups excluding carboxylic acids is 1. The van der Waals surface area contributed by atoms with E-state index in [2.05, 4.69) is 6.58 Å². The van der Waals surface area contributed by atoms with E-state index in [-0.39, 0.29) is 6.42 Å². The second kappa shape index (κ2) is 9.55. The van der Waals surface area contributed by atoms with E-state index in [0.29, 0.717) is 18.3 Å². The van der Waals surface area contributed by atoms with Crippen LogP contribution < -0.4 is 0 Å². The Kier molecular flexibility index (Phi) is 7.35. The predicted molar refractivity (Wildman–Crippen MR) is 108 cm³/mol. The van der Waals surface area contributed by atoms with Crippen LogP contribution >= 0.6 is 0 Å². The first-order valence-corrected chi connectivity index (χ1v) is 11.0. The Balaban J connectivity index is 1.78. The Hall–Kier alpha value is -1.17. The minimum atomic E-state index is -1.34. The lowest BCUT2D eigenvalue weighted by molar-refractivity contribution is -0.184. The van der Waals surface area contributed by atoms with Gasteiger partial charge in [-0.1, -0.05) is 50.3 Å². The SMILES string of the molecule is C=C1CC2CCCC3CCCCCC[C@H](O)[C@@H](O)C/C=C/C(O)C(=O)OC32C1. The van der Waals surface area contributed by atoms with Gasteiger partial charge in [-0.05, 0) is 50.5 Å². The summed E-state index contributed by atoms with van der Waals surface area (Å²) < 4.78 is 6.08. The van der Waals surface area contributed by atoms with Gasteiger partial charge in [0.15, 0.2) is 6.10 Å². The smallest absolute Gasteiger partial charge is 0.339 e. The molecule has 3 aliphatic rings. The maximum absolute atomic E-state index is 12.7. The largest absolute Gasteiger partial charge is 0.456 e. The van der Waals surface area contributed by atoms with Gasteiger partial charge < -0.3 is 20.1 Å². The number of esters is 1. The van der Waals surface area contributed by atoms with E-state index in [9.17, 15) is 20.1 Å². The Morgan fingerprint density at radius 1 is 0.929 bits per heavy atom. The minimum absolute atomic E-state index is 0.207. The number of rotatable bonds is 0. The van der Waals surface area contributed by atoms with Crippen molar-refractivity contribution in [2.24, 2.45) is 11.8 Å². The van der Waals surface area contributed by atoms with Crippen molar-refractivity contribution in [1.29, 1.82) is 0 Å². The number of hydrogen-bond acceptors (Lipinski definition) is 5. The van der Waals surface area contributed by atoms with E-state index < -0.39 is 29.9 Å². The van der Waals surface area contributed by atoms with Crippen LogP contribution in [0.2, 0.25) is 0 Å². The van der Waals surface area contributed by atoms with E-state index >= 15 is 0 Å². The summed E-state index contributed by atoms with van der Waals surface area (Å²) in [6.07, 6.45) is 10.8. The normalized spacial score (nSPS) is 42.3. The average molecular weight is 393 g/mol. The summed E-state index contributed by atoms with van der Waals surface area (Å²) in [6.45, 7) is 4.18. The molecule has 3 N–H and O–H groups in total. The highest BCUT2D eigenvalue weighted by Gasteiger charge is 2.54. The summed E-state index contributed by atoms with van der Waals surface area (Å²) in [4.78, 5) is 12.7. The molecule has 0 bridgehead atoms. The third-order valence-corrected chi connectivity index (χ3v) is 7.02. The van der Waals surface area contributed by atoms with Crippen molar-refractivity contribution >= 4 is 5.97 Å². The molecule has 2 aliphatic carbocycles. The van der Waals surface area contributed by atoms with Crippen LogP contribution in [0.15, 0.2) is 24.3 Å². The first kappa shape index (κ1) is 21.5. The molecular weight excluding hydrogens is 356 g/mol. The van der Waals surface area contributed by atoms with Crippen molar-refractivity contribution in [3.63, 3.8) is 0 Å². The molecule has 1 spiro atoms. The summed E-state index contributed by atoms with van der Waals surface area (Å²) in [7, 11) is 0. The molecule has 5 nitrogen and oxygen atoms in total. The van der Waals surface area contributed by atoms with Gasteiger partial charge in [0, 0.05) is 12.3 Å². The molecule has 5 heteroatoms. The highest BCUT2D eigenvalue weighted by Crippen LogP contribution is 2.54. The van der Waals surface area contributed by atoms with Crippen LogP contribution in [0.3, 0.4) is 0 Å². The third kappa shape index (κ3) is 4.87. The minimum Gasteiger partial charge on any atom is -0.456 e. The predicted octanol–water partition coefficient (Wildman–Crippen LogP) is 3.42. The van der Waals surface area contributed by atoms with E-state index in [1.807, 2.05) is 0 Å². The quantitative estimate of drug-likeness (QED) is 0.434. The molecule has 0 radical (unpaired) electrons. The van der Waals surface area contributed by atoms with Gasteiger partial charge in [-0.25, -0.2) is 4.79 Å². The van der Waals surface area contributed by atoms with Crippen LogP contribution in [0.25, 0.3) is 0 Å². The standard InChI is InChI=1S/C23H36O5/c1-16-14-18-10-6-9-17-8-4-2-3-5-11-19(24)20(25)12-7-13-21(26)22(27)28-23(17,18)15-16/h7,13,17-21,24-26H,1-6,8-12,14-15H2/b13-7+/t17?,18?,19-,20-,21?,23?/m0/s1. The first-order chi connectivity index (χ1) is 13.4. The molecule has 2 saturated carbocycles. The molecule has 3 rings (SSSR count). The number of hydrogen-bond donors (Lipinski definition) is 3. The van der Waals surface area contributed by atoms with Crippen molar-refractivity contribution in [1.82, 2.24) is 0 Å². The lowest BCUT2D eigenvalue weighted by Crippen LogP contribution is -2.49. The monoisotopic (exact) mass is 392 g/mol. The van der Waals surface area contributed by atoms with Gasteiger partial charge in [-0.15, -0.1) is 0 Å². The number of aliphatic hydroxyl groups excluding tert-OH is 3. The van der Waals surface area contributed by atoms with Crippen molar-refractivity contribution in [3.8, 4) is 0 Å². The summed E-state index contributed by atoms with van der Waals surface area (Å²) in [6, 6.07) is 0. The van der Waals surface area contributed by atoms with Crippen molar-refractivity contribution in [3.05, 3.63) is 24.3 Å². The summed E-state index contributed by atoms with van der Waals surface area (Å²) in [5.74, 6) is 0.0330. The van der Waals surface area contributed by atoms with Gasteiger partial charge in [0.1, 0.15) is 5.60 Å². The molecular formula is C23H36O5. The van der Waals surface area contributed by atoms with E-state index in [1.54, 1.807) is 6.08 Å². The maximum Gasteiger partial charge on any atom is 0.339 e. The van der Waals surface area contributed by atoms with Crippen LogP contribution in [0, 0.1) is 11.8 Å². The first-order valence-electron chi connectivity index (χ1n) is 11.0. The second-order valence-corrected chi connectivity index (χ2v) is 9.07. The van der Waals surface area contributed by atoms with E-state index in [0.717, 1.165) is 69.8 Å². The zero-order valence-electron chi connectivity index (χ0n) is 16.9. The zero-order chi connectivity index (χ0) is 20.1. The summed E-state index contributed by atoms with van der Waals surface area (Å²) in [5.41, 5.74) is 0.648. The maximum atomic E-state index is 12.7. The second-order valence-electron chi connectivity index (χ2n) is 9.07. The highest BCUT2D eigenvalue weighted by molar-refractivity contribution is 5.77. The molecule has 0 aromatic rings. The molecule has 0 aromatic carbocycles. The molecule has 158 valence electrons. The Labute approximate surface area is 168 Å². The fourth-order valence-electron chi connectivity index (χ4n) is 5.52. The number of ether oxygens (including phenoxy) is 1. The molecule has 0 amide bonds. The van der Waals surface area contributed by atoms with Crippen molar-refractivity contribution in [2.45, 2.75) is 101 Å². The lowest BCUT2D eigenvalue weighted by Gasteiger charge is -2.45. The molecule has 0 aromatic heterocycles. The van der Waals surface area contributed by atoms with Gasteiger partial charge in [0.05, 0.1) is 12.2 Å². The molecule has 28 heavy (non-hydrogen) atoms. The average Bonchev–Trinajstić information content (AvgIpc) is 2.99. The van der Waals surface area contributed by atoms with Gasteiger partial charge in [0.25, 0.3) is 0 Å². The zero-order valence-corrected chi connectivity index (χ0v) is 16.9. The van der Waals surface area contributed by atoms with Crippen LogP contribution in [-0.2, 0) is 9.53 Å². The molecule has 2 fully saturated rings. The fourth-order valence-corrected chi connectivity index (χ4v) is 5.52. The Morgan fingerprint density at radius 2 is 1.61 bits per heavy atom. The highest BCUT2D eigenvalue weighted by atomic mass is 16.6. The van der Waals surface area contributed by atoms with Gasteiger partial charge in [-0.2, -0.15) is 0 Å². The number of carbonyl (C=O) groups is 1. The van der Waals surface area contributed by atoms with Gasteiger partial charge in [0.2, 0.25) is 0 Å². The van der Waals surface area contributed by atoms with Crippen molar-refractivity contribution in [2.75, 3.05) is 0 Å². The van der Waals surface area contributed by atoms with Crippen LogP contribution in [0.5, 0.6) is 0 Å². The Bertz CT molecular complexity index is 586. The lowest BCUT2D eigenvalue weighted by atomic mass is 9.68. The summed E-state index contributed by atoms with van der Waals surface area (Å²) in [5, 5.41) is 30.4. The molecule has 0 saturated heterocycles. The van der Waals surface area contributed by atoms with Crippen LogP contribution in [0.1, 0.15) is 77.0 Å². The number of aliphatic hydroxyl groups is 3. The van der Waals surface area contributed by atoms with Gasteiger partial charge >= 0.3 is 5.97 Å². The molecule has 6 atom stereocenters. The molecule has 1 heterocycles. The van der Waals surface area contributed by atoms with E-state index in [1.165, 1.54) is 6.08 Å². The van der Waals surface area contributed by atoms with Gasteiger partial charge in [-0.3, -0.25) is 0 Å². The van der Waals surface area contributed by atoms with E-state index in [4.69, 9.17) is 4.74 Å². The van der Waals surface area contributed by atoms with Crippen molar-refractivity contribution < 1.29 is 24.9 Å². The molecule has 4 unspecified atom stereocenters. The Morgan fingerprint density at radius 3 is 2.39 bits per heavy atom. The summed E-state index contributed by atoms with van der Waals surface area (Å²) >= 11 is 0. The van der Waals surface area contributed by atoms with Crippen LogP contribution in [-0.4, -0.2) is 45.2 Å². The molecule has 1 aliphatic heterocycles. The fraction of sp³-hybridized carbons (Fsp3) is 0.783. The third-order valence-electron chi connectivity index (χ3n) is 7.02. The van der Waals surface area contributed by atoms with Crippen LogP contribution in [0.4, 0.5) is 0 Å². The topological polar surface area (TPSA) is 87.0 Å².